The van der Waals surface area contributed by atoms with Gasteiger partial charge in [0.25, 0.3) is 5.91 Å². The van der Waals surface area contributed by atoms with Crippen LogP contribution in [0.15, 0.2) is 54.6 Å². The molecule has 0 bridgehead atoms. The zero-order chi connectivity index (χ0) is 18.6. The first-order valence-electron chi connectivity index (χ1n) is 9.70. The Hall–Kier alpha value is -2.21. The normalized spacial score (nSPS) is 23.5. The number of carbonyl (C=O) groups excluding carboxylic acids is 1. The third kappa shape index (κ3) is 4.05. The van der Waals surface area contributed by atoms with E-state index in [1.807, 2.05) is 41.3 Å². The highest BCUT2D eigenvalue weighted by atomic mass is 16.5. The molecule has 4 rings (SSSR count). The number of nitrogens with zero attached hydrogens (tertiary/aromatic N) is 2. The highest BCUT2D eigenvalue weighted by Crippen LogP contribution is 2.28. The second-order valence-corrected chi connectivity index (χ2v) is 7.44. The summed E-state index contributed by atoms with van der Waals surface area (Å²) in [6, 6.07) is 18.2. The van der Waals surface area contributed by atoms with E-state index in [9.17, 15) is 4.79 Å². The zero-order valence-corrected chi connectivity index (χ0v) is 15.6. The molecule has 5 heteroatoms. The first kappa shape index (κ1) is 18.2. The first-order chi connectivity index (χ1) is 13.2. The van der Waals surface area contributed by atoms with Crippen molar-refractivity contribution in [2.45, 2.75) is 18.5 Å². The van der Waals surface area contributed by atoms with E-state index in [0.717, 1.165) is 44.0 Å². The second kappa shape index (κ2) is 8.21. The molecule has 2 atom stereocenters. The van der Waals surface area contributed by atoms with E-state index in [-0.39, 0.29) is 17.9 Å². The molecule has 2 aromatic rings. The molecule has 2 heterocycles. The maximum absolute atomic E-state index is 13.3. The van der Waals surface area contributed by atoms with Crippen molar-refractivity contribution in [3.8, 4) is 0 Å². The Bertz CT molecular complexity index is 774. The number of amides is 1. The summed E-state index contributed by atoms with van der Waals surface area (Å²) in [4.78, 5) is 17.5. The van der Waals surface area contributed by atoms with Crippen LogP contribution in [0.1, 0.15) is 27.4 Å². The Labute approximate surface area is 160 Å². The van der Waals surface area contributed by atoms with Gasteiger partial charge in [-0.2, -0.15) is 0 Å². The molecule has 142 valence electrons. The molecule has 2 saturated heterocycles. The Morgan fingerprint density at radius 3 is 2.48 bits per heavy atom. The van der Waals surface area contributed by atoms with Gasteiger partial charge in [0, 0.05) is 50.2 Å². The fraction of sp³-hybridized carbons (Fsp3) is 0.409. The van der Waals surface area contributed by atoms with Crippen LogP contribution < -0.4 is 5.73 Å². The topological polar surface area (TPSA) is 58.8 Å². The third-order valence-corrected chi connectivity index (χ3v) is 5.63. The van der Waals surface area contributed by atoms with Crippen molar-refractivity contribution in [3.05, 3.63) is 71.3 Å². The standard InChI is InChI=1S/C22H27N3O2/c23-21-16-25(15-20(21)17-6-2-1-3-7-17)22(26)19-9-5-4-8-18(19)14-24-10-12-27-13-11-24/h1-9,20-21H,10-16,23H2/t20-,21+/m0/s1. The van der Waals surface area contributed by atoms with Gasteiger partial charge in [0.05, 0.1) is 13.2 Å². The molecular formula is C22H27N3O2. The minimum Gasteiger partial charge on any atom is -0.379 e. The average molecular weight is 365 g/mol. The van der Waals surface area contributed by atoms with Crippen molar-refractivity contribution in [2.24, 2.45) is 5.73 Å². The van der Waals surface area contributed by atoms with Crippen LogP contribution in [0.25, 0.3) is 0 Å². The molecule has 0 aromatic heterocycles. The fourth-order valence-electron chi connectivity index (χ4n) is 4.09. The number of benzene rings is 2. The van der Waals surface area contributed by atoms with Gasteiger partial charge < -0.3 is 15.4 Å². The minimum absolute atomic E-state index is 0.0252. The van der Waals surface area contributed by atoms with E-state index < -0.39 is 0 Å². The molecule has 0 saturated carbocycles. The van der Waals surface area contributed by atoms with E-state index in [1.54, 1.807) is 0 Å². The molecule has 2 fully saturated rings. The highest BCUT2D eigenvalue weighted by Gasteiger charge is 2.34. The SMILES string of the molecule is N[C@@H]1CN(C(=O)c2ccccc2CN2CCOCC2)C[C@H]1c1ccccc1. The van der Waals surface area contributed by atoms with Crippen LogP contribution in [0.4, 0.5) is 0 Å². The summed E-state index contributed by atoms with van der Waals surface area (Å²) in [5.74, 6) is 0.286. The van der Waals surface area contributed by atoms with Crippen molar-refractivity contribution >= 4 is 5.91 Å². The number of hydrogen-bond donors (Lipinski definition) is 1. The van der Waals surface area contributed by atoms with Crippen LogP contribution >= 0.6 is 0 Å². The monoisotopic (exact) mass is 365 g/mol. The fourth-order valence-corrected chi connectivity index (χ4v) is 4.09. The van der Waals surface area contributed by atoms with Gasteiger partial charge in [-0.25, -0.2) is 0 Å². The van der Waals surface area contributed by atoms with Gasteiger partial charge in [0.1, 0.15) is 0 Å². The molecular weight excluding hydrogens is 338 g/mol. The van der Waals surface area contributed by atoms with Gasteiger partial charge in [-0.15, -0.1) is 0 Å². The maximum atomic E-state index is 13.3. The number of hydrogen-bond acceptors (Lipinski definition) is 4. The number of likely N-dealkylation sites (tertiary alicyclic amines) is 1. The van der Waals surface area contributed by atoms with Crippen molar-refractivity contribution in [1.29, 1.82) is 0 Å². The lowest BCUT2D eigenvalue weighted by Crippen LogP contribution is -2.37. The Morgan fingerprint density at radius 1 is 1.00 bits per heavy atom. The van der Waals surface area contributed by atoms with E-state index in [4.69, 9.17) is 10.5 Å². The first-order valence-corrected chi connectivity index (χ1v) is 9.70. The maximum Gasteiger partial charge on any atom is 0.254 e. The lowest BCUT2D eigenvalue weighted by Gasteiger charge is -2.27. The van der Waals surface area contributed by atoms with E-state index in [2.05, 4.69) is 23.1 Å². The molecule has 2 aliphatic rings. The quantitative estimate of drug-likeness (QED) is 0.901. The number of rotatable bonds is 4. The number of ether oxygens (including phenoxy) is 1. The summed E-state index contributed by atoms with van der Waals surface area (Å²) in [6.45, 7) is 5.40. The predicted molar refractivity (Wildman–Crippen MR) is 106 cm³/mol. The van der Waals surface area contributed by atoms with Crippen LogP contribution in [0.3, 0.4) is 0 Å². The molecule has 5 nitrogen and oxygen atoms in total. The smallest absolute Gasteiger partial charge is 0.254 e. The second-order valence-electron chi connectivity index (χ2n) is 7.44. The minimum atomic E-state index is -0.0252. The van der Waals surface area contributed by atoms with Gasteiger partial charge in [-0.1, -0.05) is 48.5 Å². The predicted octanol–water partition coefficient (Wildman–Crippen LogP) is 2.09. The van der Waals surface area contributed by atoms with Crippen molar-refractivity contribution < 1.29 is 9.53 Å². The molecule has 27 heavy (non-hydrogen) atoms. The van der Waals surface area contributed by atoms with Crippen LogP contribution in [-0.2, 0) is 11.3 Å². The average Bonchev–Trinajstić information content (AvgIpc) is 3.11. The van der Waals surface area contributed by atoms with Crippen molar-refractivity contribution in [1.82, 2.24) is 9.80 Å². The van der Waals surface area contributed by atoms with Gasteiger partial charge in [-0.3, -0.25) is 9.69 Å². The number of morpholine rings is 1. The molecule has 2 N–H and O–H groups in total. The van der Waals surface area contributed by atoms with Crippen LogP contribution in [0, 0.1) is 0 Å². The van der Waals surface area contributed by atoms with Gasteiger partial charge in [-0.05, 0) is 17.2 Å². The van der Waals surface area contributed by atoms with Gasteiger partial charge in [0.2, 0.25) is 0 Å². The van der Waals surface area contributed by atoms with Crippen LogP contribution in [-0.4, -0.2) is 61.1 Å². The molecule has 2 aliphatic heterocycles. The summed E-state index contributed by atoms with van der Waals surface area (Å²) < 4.78 is 5.43. The largest absolute Gasteiger partial charge is 0.379 e. The van der Waals surface area contributed by atoms with E-state index >= 15 is 0 Å². The summed E-state index contributed by atoms with van der Waals surface area (Å²) in [7, 11) is 0. The van der Waals surface area contributed by atoms with Crippen molar-refractivity contribution in [2.75, 3.05) is 39.4 Å². The van der Waals surface area contributed by atoms with Crippen molar-refractivity contribution in [3.63, 3.8) is 0 Å². The summed E-state index contributed by atoms with van der Waals surface area (Å²) >= 11 is 0. The van der Waals surface area contributed by atoms with E-state index in [1.165, 1.54) is 5.56 Å². The summed E-state index contributed by atoms with van der Waals surface area (Å²) in [5, 5.41) is 0. The Kier molecular flexibility index (Phi) is 5.53. The van der Waals surface area contributed by atoms with Crippen LogP contribution in [0.2, 0.25) is 0 Å². The molecule has 0 unspecified atom stereocenters. The van der Waals surface area contributed by atoms with E-state index in [0.29, 0.717) is 13.1 Å². The lowest BCUT2D eigenvalue weighted by molar-refractivity contribution is 0.0340. The Balaban J connectivity index is 1.50. The highest BCUT2D eigenvalue weighted by molar-refractivity contribution is 5.96. The van der Waals surface area contributed by atoms with Gasteiger partial charge in [0.15, 0.2) is 0 Å². The van der Waals surface area contributed by atoms with Crippen LogP contribution in [0.5, 0.6) is 0 Å². The molecule has 0 aliphatic carbocycles. The Morgan fingerprint density at radius 2 is 1.70 bits per heavy atom. The summed E-state index contributed by atoms with van der Waals surface area (Å²) in [6.07, 6.45) is 0. The number of carbonyl (C=O) groups is 1. The molecule has 0 spiro atoms. The number of nitrogens with two attached hydrogens (primary N) is 1. The lowest BCUT2D eigenvalue weighted by atomic mass is 9.95. The summed E-state index contributed by atoms with van der Waals surface area (Å²) in [5.41, 5.74) is 9.48. The van der Waals surface area contributed by atoms with Gasteiger partial charge >= 0.3 is 0 Å². The zero-order valence-electron chi connectivity index (χ0n) is 15.6. The molecule has 0 radical (unpaired) electrons. The third-order valence-electron chi connectivity index (χ3n) is 5.63. The molecule has 1 amide bonds. The molecule has 2 aromatic carbocycles.